The van der Waals surface area contributed by atoms with Gasteiger partial charge in [0, 0.05) is 12.2 Å². The van der Waals surface area contributed by atoms with E-state index in [9.17, 15) is 4.79 Å². The first-order chi connectivity index (χ1) is 9.08. The third-order valence-corrected chi connectivity index (χ3v) is 5.04. The average Bonchev–Trinajstić information content (AvgIpc) is 2.41. The molecule has 2 rings (SSSR count). The lowest BCUT2D eigenvalue weighted by atomic mass is 10.0. The van der Waals surface area contributed by atoms with Crippen LogP contribution >= 0.6 is 35.0 Å². The topological polar surface area (TPSA) is 55.1 Å². The van der Waals surface area contributed by atoms with Gasteiger partial charge in [-0.05, 0) is 42.4 Å². The second-order valence-corrected chi connectivity index (χ2v) is 6.64. The number of nitrogen functional groups attached to an aromatic ring is 1. The van der Waals surface area contributed by atoms with Crippen molar-refractivity contribution in [3.63, 3.8) is 0 Å². The molecule has 1 aromatic rings. The Balaban J connectivity index is 1.99. The maximum absolute atomic E-state index is 12.1. The van der Waals surface area contributed by atoms with Gasteiger partial charge in [-0.1, -0.05) is 23.2 Å². The largest absolute Gasteiger partial charge is 0.399 e. The van der Waals surface area contributed by atoms with Crippen LogP contribution in [0.25, 0.3) is 0 Å². The highest BCUT2D eigenvalue weighted by molar-refractivity contribution is 7.99. The molecule has 19 heavy (non-hydrogen) atoms. The van der Waals surface area contributed by atoms with E-state index < -0.39 is 0 Å². The van der Waals surface area contributed by atoms with Crippen molar-refractivity contribution in [1.82, 2.24) is 5.32 Å². The van der Waals surface area contributed by atoms with Gasteiger partial charge in [-0.3, -0.25) is 4.79 Å². The minimum atomic E-state index is -0.211. The number of thioether (sulfide) groups is 1. The predicted octanol–water partition coefficient (Wildman–Crippen LogP) is 3.45. The summed E-state index contributed by atoms with van der Waals surface area (Å²) in [6, 6.07) is 3.10. The van der Waals surface area contributed by atoms with Crippen molar-refractivity contribution < 1.29 is 4.79 Å². The standard InChI is InChI=1S/C13H16Cl2N2OS/c14-11-6-9(16)5-10(12(11)15)13(18)17-7-8-1-3-19-4-2-8/h5-6,8H,1-4,7,16H2,(H,17,18). The van der Waals surface area contributed by atoms with E-state index in [0.717, 1.165) is 12.8 Å². The molecule has 0 saturated carbocycles. The van der Waals surface area contributed by atoms with Crippen LogP contribution in [0.3, 0.4) is 0 Å². The van der Waals surface area contributed by atoms with Crippen LogP contribution in [-0.4, -0.2) is 24.0 Å². The van der Waals surface area contributed by atoms with Crippen LogP contribution in [0.15, 0.2) is 12.1 Å². The summed E-state index contributed by atoms with van der Waals surface area (Å²) in [5.74, 6) is 2.69. The van der Waals surface area contributed by atoms with Crippen LogP contribution in [0.4, 0.5) is 5.69 Å². The van der Waals surface area contributed by atoms with Crippen molar-refractivity contribution in [1.29, 1.82) is 0 Å². The fourth-order valence-electron chi connectivity index (χ4n) is 2.06. The lowest BCUT2D eigenvalue weighted by Crippen LogP contribution is -2.31. The monoisotopic (exact) mass is 318 g/mol. The normalized spacial score (nSPS) is 16.3. The van der Waals surface area contributed by atoms with Gasteiger partial charge in [0.25, 0.3) is 5.91 Å². The lowest BCUT2D eigenvalue weighted by Gasteiger charge is -2.21. The molecule has 0 unspecified atom stereocenters. The van der Waals surface area contributed by atoms with Gasteiger partial charge in [-0.25, -0.2) is 0 Å². The third-order valence-electron chi connectivity index (χ3n) is 3.19. The number of carbonyl (C=O) groups is 1. The molecule has 104 valence electrons. The number of benzene rings is 1. The fraction of sp³-hybridized carbons (Fsp3) is 0.462. The molecule has 6 heteroatoms. The number of anilines is 1. The first-order valence-electron chi connectivity index (χ1n) is 6.18. The lowest BCUT2D eigenvalue weighted by molar-refractivity contribution is 0.0946. The molecule has 0 aromatic heterocycles. The van der Waals surface area contributed by atoms with E-state index in [4.69, 9.17) is 28.9 Å². The molecule has 1 aliphatic heterocycles. The Labute approximate surface area is 127 Å². The number of carbonyl (C=O) groups excluding carboxylic acids is 1. The molecule has 1 saturated heterocycles. The van der Waals surface area contributed by atoms with E-state index in [1.807, 2.05) is 11.8 Å². The highest BCUT2D eigenvalue weighted by Gasteiger charge is 2.17. The zero-order chi connectivity index (χ0) is 13.8. The van der Waals surface area contributed by atoms with Crippen LogP contribution in [0.5, 0.6) is 0 Å². The Bertz CT molecular complexity index is 476. The second kappa shape index (κ2) is 6.73. The van der Waals surface area contributed by atoms with Gasteiger partial charge in [-0.2, -0.15) is 11.8 Å². The number of rotatable bonds is 3. The first-order valence-corrected chi connectivity index (χ1v) is 8.09. The zero-order valence-electron chi connectivity index (χ0n) is 10.4. The predicted molar refractivity (Wildman–Crippen MR) is 83.3 cm³/mol. The Kier molecular flexibility index (Phi) is 5.25. The molecular weight excluding hydrogens is 303 g/mol. The number of halogens is 2. The average molecular weight is 319 g/mol. The number of hydrogen-bond donors (Lipinski definition) is 2. The molecule has 0 aliphatic carbocycles. The molecule has 1 fully saturated rings. The number of nitrogens with two attached hydrogens (primary N) is 1. The third kappa shape index (κ3) is 3.94. The fourth-order valence-corrected chi connectivity index (χ4v) is 3.68. The number of hydrogen-bond acceptors (Lipinski definition) is 3. The summed E-state index contributed by atoms with van der Waals surface area (Å²) >= 11 is 13.9. The summed E-state index contributed by atoms with van der Waals surface area (Å²) in [5.41, 5.74) is 6.46. The maximum Gasteiger partial charge on any atom is 0.252 e. The molecule has 1 heterocycles. The van der Waals surface area contributed by atoms with Gasteiger partial charge in [0.05, 0.1) is 15.6 Å². The Hall–Kier alpha value is -0.580. The van der Waals surface area contributed by atoms with Gasteiger partial charge >= 0.3 is 0 Å². The van der Waals surface area contributed by atoms with Gasteiger partial charge < -0.3 is 11.1 Å². The van der Waals surface area contributed by atoms with Crippen LogP contribution in [0, 0.1) is 5.92 Å². The summed E-state index contributed by atoms with van der Waals surface area (Å²) in [7, 11) is 0. The summed E-state index contributed by atoms with van der Waals surface area (Å²) in [4.78, 5) is 12.1. The van der Waals surface area contributed by atoms with Crippen molar-refractivity contribution in [2.75, 3.05) is 23.8 Å². The van der Waals surface area contributed by atoms with E-state index in [1.165, 1.54) is 11.5 Å². The second-order valence-electron chi connectivity index (χ2n) is 4.63. The van der Waals surface area contributed by atoms with Crippen molar-refractivity contribution in [2.45, 2.75) is 12.8 Å². The minimum absolute atomic E-state index is 0.211. The van der Waals surface area contributed by atoms with Crippen LogP contribution in [0.2, 0.25) is 10.0 Å². The summed E-state index contributed by atoms with van der Waals surface area (Å²) in [6.45, 7) is 0.683. The Morgan fingerprint density at radius 2 is 2.05 bits per heavy atom. The quantitative estimate of drug-likeness (QED) is 0.839. The highest BCUT2D eigenvalue weighted by Crippen LogP contribution is 2.29. The first kappa shape index (κ1) is 14.8. The van der Waals surface area contributed by atoms with Gasteiger partial charge in [0.1, 0.15) is 0 Å². The maximum atomic E-state index is 12.1. The molecule has 0 bridgehead atoms. The number of amides is 1. The Morgan fingerprint density at radius 3 is 2.74 bits per heavy atom. The van der Waals surface area contributed by atoms with Crippen molar-refractivity contribution in [3.8, 4) is 0 Å². The molecule has 0 atom stereocenters. The molecule has 0 spiro atoms. The van der Waals surface area contributed by atoms with Crippen molar-refractivity contribution in [3.05, 3.63) is 27.7 Å². The van der Waals surface area contributed by atoms with E-state index in [2.05, 4.69) is 5.32 Å². The van der Waals surface area contributed by atoms with E-state index in [-0.39, 0.29) is 10.9 Å². The van der Waals surface area contributed by atoms with Gasteiger partial charge in [0.15, 0.2) is 0 Å². The smallest absolute Gasteiger partial charge is 0.252 e. The molecule has 3 N–H and O–H groups in total. The molecule has 1 amide bonds. The van der Waals surface area contributed by atoms with E-state index in [0.29, 0.717) is 28.7 Å². The van der Waals surface area contributed by atoms with Crippen LogP contribution in [0.1, 0.15) is 23.2 Å². The highest BCUT2D eigenvalue weighted by atomic mass is 35.5. The molecular formula is C13H16Cl2N2OS. The van der Waals surface area contributed by atoms with E-state index in [1.54, 1.807) is 12.1 Å². The summed E-state index contributed by atoms with van der Waals surface area (Å²) in [6.07, 6.45) is 2.30. The van der Waals surface area contributed by atoms with Crippen LogP contribution in [-0.2, 0) is 0 Å². The molecule has 0 radical (unpaired) electrons. The van der Waals surface area contributed by atoms with Gasteiger partial charge in [0.2, 0.25) is 0 Å². The molecule has 1 aliphatic rings. The minimum Gasteiger partial charge on any atom is -0.399 e. The number of nitrogens with one attached hydrogen (secondary N) is 1. The molecule has 1 aromatic carbocycles. The zero-order valence-corrected chi connectivity index (χ0v) is 12.7. The van der Waals surface area contributed by atoms with E-state index >= 15 is 0 Å². The van der Waals surface area contributed by atoms with Gasteiger partial charge in [-0.15, -0.1) is 0 Å². The summed E-state index contributed by atoms with van der Waals surface area (Å²) < 4.78 is 0. The Morgan fingerprint density at radius 1 is 1.37 bits per heavy atom. The molecule has 3 nitrogen and oxygen atoms in total. The summed E-state index contributed by atoms with van der Waals surface area (Å²) in [5, 5.41) is 3.48. The SMILES string of the molecule is Nc1cc(Cl)c(Cl)c(C(=O)NCC2CCSCC2)c1. The van der Waals surface area contributed by atoms with Crippen molar-refractivity contribution in [2.24, 2.45) is 5.92 Å². The van der Waals surface area contributed by atoms with Crippen molar-refractivity contribution >= 4 is 46.6 Å². The van der Waals surface area contributed by atoms with Crippen LogP contribution < -0.4 is 11.1 Å².